The van der Waals surface area contributed by atoms with E-state index in [0.29, 0.717) is 17.2 Å². The van der Waals surface area contributed by atoms with Gasteiger partial charge in [0, 0.05) is 11.8 Å². The second kappa shape index (κ2) is 8.58. The number of amides is 1. The van der Waals surface area contributed by atoms with Crippen molar-refractivity contribution in [2.24, 2.45) is 0 Å². The van der Waals surface area contributed by atoms with Gasteiger partial charge in [0.1, 0.15) is 11.3 Å². The number of rotatable bonds is 7. The van der Waals surface area contributed by atoms with Crippen LogP contribution >= 0.6 is 0 Å². The molecule has 0 atom stereocenters. The Kier molecular flexibility index (Phi) is 6.22. The van der Waals surface area contributed by atoms with Crippen LogP contribution < -0.4 is 19.5 Å². The minimum absolute atomic E-state index is 0.254. The molecule has 0 unspecified atom stereocenters. The molecule has 1 N–H and O–H groups in total. The number of esters is 1. The predicted molar refractivity (Wildman–Crippen MR) is 91.5 cm³/mol. The standard InChI is InChI=1S/C18H19NO6/c1-22-15-9-8-12(10-16(15)23-2)19-17(20)11-25-14-7-5-4-6-13(14)18(21)24-3/h4-10H,11H2,1-3H3,(H,19,20). The third-order valence-electron chi connectivity index (χ3n) is 3.32. The fraction of sp³-hybridized carbons (Fsp3) is 0.222. The monoisotopic (exact) mass is 345 g/mol. The van der Waals surface area contributed by atoms with Gasteiger partial charge >= 0.3 is 5.97 Å². The molecule has 25 heavy (non-hydrogen) atoms. The van der Waals surface area contributed by atoms with Crippen molar-refractivity contribution in [1.29, 1.82) is 0 Å². The molecule has 7 heteroatoms. The number of ether oxygens (including phenoxy) is 4. The molecule has 0 spiro atoms. The summed E-state index contributed by atoms with van der Waals surface area (Å²) in [6, 6.07) is 11.5. The number of carbonyl (C=O) groups excluding carboxylic acids is 2. The topological polar surface area (TPSA) is 83.1 Å². The van der Waals surface area contributed by atoms with Gasteiger partial charge in [-0.15, -0.1) is 0 Å². The molecule has 1 amide bonds. The molecule has 2 aromatic rings. The highest BCUT2D eigenvalue weighted by atomic mass is 16.5. The van der Waals surface area contributed by atoms with E-state index in [1.807, 2.05) is 0 Å². The maximum Gasteiger partial charge on any atom is 0.341 e. The predicted octanol–water partition coefficient (Wildman–Crippen LogP) is 2.51. The summed E-state index contributed by atoms with van der Waals surface area (Å²) in [7, 11) is 4.32. The zero-order valence-corrected chi connectivity index (χ0v) is 14.2. The van der Waals surface area contributed by atoms with E-state index in [2.05, 4.69) is 10.1 Å². The highest BCUT2D eigenvalue weighted by molar-refractivity contribution is 5.94. The first-order valence-electron chi connectivity index (χ1n) is 7.41. The van der Waals surface area contributed by atoms with Crippen LogP contribution in [0.5, 0.6) is 17.2 Å². The van der Waals surface area contributed by atoms with Crippen LogP contribution in [0.4, 0.5) is 5.69 Å². The van der Waals surface area contributed by atoms with Crippen molar-refractivity contribution >= 4 is 17.6 Å². The number of carbonyl (C=O) groups is 2. The minimum Gasteiger partial charge on any atom is -0.493 e. The van der Waals surface area contributed by atoms with Crippen molar-refractivity contribution < 1.29 is 28.5 Å². The van der Waals surface area contributed by atoms with Crippen LogP contribution in [0.1, 0.15) is 10.4 Å². The maximum atomic E-state index is 12.1. The maximum absolute atomic E-state index is 12.1. The van der Waals surface area contributed by atoms with Crippen LogP contribution in [0.2, 0.25) is 0 Å². The van der Waals surface area contributed by atoms with Gasteiger partial charge in [0.25, 0.3) is 5.91 Å². The molecular formula is C18H19NO6. The van der Waals surface area contributed by atoms with Gasteiger partial charge in [0.05, 0.1) is 21.3 Å². The summed E-state index contributed by atoms with van der Waals surface area (Å²) in [5, 5.41) is 2.69. The fourth-order valence-corrected chi connectivity index (χ4v) is 2.13. The van der Waals surface area contributed by atoms with E-state index < -0.39 is 5.97 Å². The van der Waals surface area contributed by atoms with Gasteiger partial charge < -0.3 is 24.3 Å². The highest BCUT2D eigenvalue weighted by Gasteiger charge is 2.14. The number of hydrogen-bond acceptors (Lipinski definition) is 6. The molecule has 0 aliphatic rings. The molecule has 0 fully saturated rings. The highest BCUT2D eigenvalue weighted by Crippen LogP contribution is 2.29. The Bertz CT molecular complexity index is 759. The quantitative estimate of drug-likeness (QED) is 0.777. The van der Waals surface area contributed by atoms with Crippen LogP contribution in [0, 0.1) is 0 Å². The first-order chi connectivity index (χ1) is 12.1. The summed E-state index contributed by atoms with van der Waals surface area (Å²) in [6.45, 7) is -0.262. The fourth-order valence-electron chi connectivity index (χ4n) is 2.13. The Balaban J connectivity index is 2.01. The Hall–Kier alpha value is -3.22. The summed E-state index contributed by atoms with van der Waals surface area (Å²) in [5.41, 5.74) is 0.788. The van der Waals surface area contributed by atoms with E-state index in [0.717, 1.165) is 0 Å². The summed E-state index contributed by atoms with van der Waals surface area (Å²) < 4.78 is 20.4. The zero-order chi connectivity index (χ0) is 18.2. The third-order valence-corrected chi connectivity index (χ3v) is 3.32. The first-order valence-corrected chi connectivity index (χ1v) is 7.41. The molecule has 132 valence electrons. The van der Waals surface area contributed by atoms with Crippen molar-refractivity contribution in [1.82, 2.24) is 0 Å². The third kappa shape index (κ3) is 4.63. The second-order valence-electron chi connectivity index (χ2n) is 4.89. The van der Waals surface area contributed by atoms with Crippen LogP contribution in [0.3, 0.4) is 0 Å². The molecule has 7 nitrogen and oxygen atoms in total. The normalized spacial score (nSPS) is 9.88. The van der Waals surface area contributed by atoms with Crippen molar-refractivity contribution in [2.75, 3.05) is 33.3 Å². The van der Waals surface area contributed by atoms with Crippen LogP contribution in [0.15, 0.2) is 42.5 Å². The molecule has 0 bridgehead atoms. The molecule has 0 saturated heterocycles. The van der Waals surface area contributed by atoms with Crippen molar-refractivity contribution in [3.8, 4) is 17.2 Å². The lowest BCUT2D eigenvalue weighted by molar-refractivity contribution is -0.118. The lowest BCUT2D eigenvalue weighted by atomic mass is 10.2. The van der Waals surface area contributed by atoms with Gasteiger partial charge in [-0.2, -0.15) is 0 Å². The molecule has 2 rings (SSSR count). The SMILES string of the molecule is COC(=O)c1ccccc1OCC(=O)Nc1ccc(OC)c(OC)c1. The van der Waals surface area contributed by atoms with Crippen molar-refractivity contribution in [2.45, 2.75) is 0 Å². The van der Waals surface area contributed by atoms with Gasteiger partial charge in [-0.25, -0.2) is 4.79 Å². The van der Waals surface area contributed by atoms with E-state index in [1.165, 1.54) is 21.3 Å². The second-order valence-corrected chi connectivity index (χ2v) is 4.89. The van der Waals surface area contributed by atoms with E-state index in [4.69, 9.17) is 14.2 Å². The van der Waals surface area contributed by atoms with Gasteiger partial charge in [0.2, 0.25) is 0 Å². The van der Waals surface area contributed by atoms with Crippen LogP contribution in [0.25, 0.3) is 0 Å². The zero-order valence-electron chi connectivity index (χ0n) is 14.2. The number of nitrogens with one attached hydrogen (secondary N) is 1. The summed E-state index contributed by atoms with van der Waals surface area (Å²) in [4.78, 5) is 23.7. The van der Waals surface area contributed by atoms with Gasteiger partial charge in [-0.3, -0.25) is 4.79 Å². The van der Waals surface area contributed by atoms with E-state index in [1.54, 1.807) is 42.5 Å². The Morgan fingerprint density at radius 1 is 0.920 bits per heavy atom. The summed E-state index contributed by atoms with van der Waals surface area (Å²) >= 11 is 0. The van der Waals surface area contributed by atoms with Crippen molar-refractivity contribution in [3.05, 3.63) is 48.0 Å². The Morgan fingerprint density at radius 2 is 1.64 bits per heavy atom. The van der Waals surface area contributed by atoms with E-state index in [-0.39, 0.29) is 23.8 Å². The number of methoxy groups -OCH3 is 3. The average Bonchev–Trinajstić information content (AvgIpc) is 2.65. The molecule has 0 heterocycles. The van der Waals surface area contributed by atoms with Gasteiger partial charge in [-0.1, -0.05) is 12.1 Å². The molecule has 0 aliphatic carbocycles. The average molecular weight is 345 g/mol. The number of para-hydroxylation sites is 1. The summed E-state index contributed by atoms with van der Waals surface area (Å²) in [6.07, 6.45) is 0. The number of anilines is 1. The van der Waals surface area contributed by atoms with Crippen LogP contribution in [-0.2, 0) is 9.53 Å². The first kappa shape index (κ1) is 18.1. The smallest absolute Gasteiger partial charge is 0.341 e. The molecule has 0 radical (unpaired) electrons. The lowest BCUT2D eigenvalue weighted by Crippen LogP contribution is -2.21. The van der Waals surface area contributed by atoms with Gasteiger partial charge in [0.15, 0.2) is 18.1 Å². The Morgan fingerprint density at radius 3 is 2.32 bits per heavy atom. The minimum atomic E-state index is -0.532. The van der Waals surface area contributed by atoms with E-state index >= 15 is 0 Å². The molecule has 2 aromatic carbocycles. The molecular weight excluding hydrogens is 326 g/mol. The molecule has 0 aromatic heterocycles. The number of benzene rings is 2. The largest absolute Gasteiger partial charge is 0.493 e. The lowest BCUT2D eigenvalue weighted by Gasteiger charge is -2.12. The van der Waals surface area contributed by atoms with Gasteiger partial charge in [-0.05, 0) is 24.3 Å². The van der Waals surface area contributed by atoms with Crippen molar-refractivity contribution in [3.63, 3.8) is 0 Å². The van der Waals surface area contributed by atoms with E-state index in [9.17, 15) is 9.59 Å². The molecule has 0 aliphatic heterocycles. The summed E-state index contributed by atoms with van der Waals surface area (Å²) in [5.74, 6) is 0.417. The number of hydrogen-bond donors (Lipinski definition) is 1. The molecule has 0 saturated carbocycles. The van der Waals surface area contributed by atoms with Crippen LogP contribution in [-0.4, -0.2) is 39.8 Å². The Labute approximate surface area is 145 Å².